The maximum Gasteiger partial charge on any atom is 0.191 e. The van der Waals surface area contributed by atoms with Gasteiger partial charge >= 0.3 is 0 Å². The van der Waals surface area contributed by atoms with E-state index in [2.05, 4.69) is 37.4 Å². The van der Waals surface area contributed by atoms with Gasteiger partial charge in [-0.3, -0.25) is 0 Å². The number of nitrogens with zero attached hydrogens (tertiary/aromatic N) is 2. The van der Waals surface area contributed by atoms with Crippen LogP contribution in [0.5, 0.6) is 0 Å². The summed E-state index contributed by atoms with van der Waals surface area (Å²) in [5.74, 6) is 0.576. The van der Waals surface area contributed by atoms with E-state index in [0.717, 1.165) is 18.1 Å². The highest BCUT2D eigenvalue weighted by molar-refractivity contribution is 14.0. The number of nitrogens with one attached hydrogen (secondary N) is 2. The SMILES string of the molecule is CCNC(=NCc1ccsc1)NCC(c1ccc(F)cc1)N(C)C.I. The number of aliphatic imine (C=N–C) groups is 1. The van der Waals surface area contributed by atoms with Gasteiger partial charge in [-0.15, -0.1) is 24.0 Å². The molecular formula is C18H26FIN4S. The van der Waals surface area contributed by atoms with Gasteiger partial charge in [0.25, 0.3) is 0 Å². The predicted octanol–water partition coefficient (Wildman–Crippen LogP) is 3.86. The second-order valence-electron chi connectivity index (χ2n) is 5.74. The highest BCUT2D eigenvalue weighted by Crippen LogP contribution is 2.17. The van der Waals surface area contributed by atoms with E-state index in [1.807, 2.05) is 33.2 Å². The van der Waals surface area contributed by atoms with Crippen molar-refractivity contribution in [1.82, 2.24) is 15.5 Å². The molecular weight excluding hydrogens is 450 g/mol. The van der Waals surface area contributed by atoms with Gasteiger partial charge in [0.15, 0.2) is 5.96 Å². The lowest BCUT2D eigenvalue weighted by Gasteiger charge is -2.26. The van der Waals surface area contributed by atoms with E-state index in [-0.39, 0.29) is 35.8 Å². The number of thiophene rings is 1. The van der Waals surface area contributed by atoms with E-state index in [0.29, 0.717) is 13.1 Å². The Kier molecular flexibility index (Phi) is 9.99. The number of benzene rings is 1. The van der Waals surface area contributed by atoms with Gasteiger partial charge in [-0.05, 0) is 61.1 Å². The molecule has 4 nitrogen and oxygen atoms in total. The Balaban J connectivity index is 0.00000312. The lowest BCUT2D eigenvalue weighted by atomic mass is 10.1. The van der Waals surface area contributed by atoms with E-state index in [9.17, 15) is 4.39 Å². The second-order valence-corrected chi connectivity index (χ2v) is 6.52. The third-order valence-corrected chi connectivity index (χ3v) is 4.42. The summed E-state index contributed by atoms with van der Waals surface area (Å²) in [7, 11) is 4.04. The summed E-state index contributed by atoms with van der Waals surface area (Å²) in [5, 5.41) is 10.8. The Morgan fingerprint density at radius 3 is 2.48 bits per heavy atom. The molecule has 1 aromatic heterocycles. The number of likely N-dealkylation sites (N-methyl/N-ethyl adjacent to an activating group) is 1. The molecule has 1 aromatic carbocycles. The zero-order valence-corrected chi connectivity index (χ0v) is 18.0. The summed E-state index contributed by atoms with van der Waals surface area (Å²) in [6.07, 6.45) is 0. The third-order valence-electron chi connectivity index (χ3n) is 3.69. The highest BCUT2D eigenvalue weighted by Gasteiger charge is 2.14. The molecule has 1 unspecified atom stereocenters. The minimum absolute atomic E-state index is 0. The van der Waals surface area contributed by atoms with Crippen molar-refractivity contribution in [3.63, 3.8) is 0 Å². The van der Waals surface area contributed by atoms with E-state index < -0.39 is 0 Å². The number of guanidine groups is 1. The first-order chi connectivity index (χ1) is 11.6. The first-order valence-electron chi connectivity index (χ1n) is 8.05. The van der Waals surface area contributed by atoms with Crippen molar-refractivity contribution in [3.05, 3.63) is 58.0 Å². The van der Waals surface area contributed by atoms with Crippen molar-refractivity contribution in [1.29, 1.82) is 0 Å². The van der Waals surface area contributed by atoms with E-state index in [1.54, 1.807) is 11.3 Å². The molecule has 25 heavy (non-hydrogen) atoms. The van der Waals surface area contributed by atoms with E-state index in [4.69, 9.17) is 0 Å². The lowest BCUT2D eigenvalue weighted by Crippen LogP contribution is -2.41. The molecule has 138 valence electrons. The van der Waals surface area contributed by atoms with Crippen molar-refractivity contribution >= 4 is 41.3 Å². The minimum Gasteiger partial charge on any atom is -0.357 e. The van der Waals surface area contributed by atoms with Crippen LogP contribution in [0, 0.1) is 5.82 Å². The van der Waals surface area contributed by atoms with Crippen LogP contribution >= 0.6 is 35.3 Å². The molecule has 0 amide bonds. The molecule has 0 aliphatic rings. The van der Waals surface area contributed by atoms with Crippen LogP contribution in [0.2, 0.25) is 0 Å². The van der Waals surface area contributed by atoms with Crippen LogP contribution in [0.1, 0.15) is 24.1 Å². The molecule has 0 radical (unpaired) electrons. The normalized spacial score (nSPS) is 12.6. The van der Waals surface area contributed by atoms with Crippen molar-refractivity contribution < 1.29 is 4.39 Å². The fourth-order valence-corrected chi connectivity index (χ4v) is 3.03. The largest absolute Gasteiger partial charge is 0.357 e. The van der Waals surface area contributed by atoms with Gasteiger partial charge in [0.1, 0.15) is 5.82 Å². The lowest BCUT2D eigenvalue weighted by molar-refractivity contribution is 0.298. The van der Waals surface area contributed by atoms with Crippen LogP contribution in [0.25, 0.3) is 0 Å². The average Bonchev–Trinajstić information content (AvgIpc) is 3.07. The maximum absolute atomic E-state index is 13.1. The van der Waals surface area contributed by atoms with Crippen molar-refractivity contribution in [2.45, 2.75) is 19.5 Å². The molecule has 1 atom stereocenters. The summed E-state index contributed by atoms with van der Waals surface area (Å²) in [4.78, 5) is 6.73. The maximum atomic E-state index is 13.1. The molecule has 0 aliphatic heterocycles. The van der Waals surface area contributed by atoms with Gasteiger partial charge in [-0.25, -0.2) is 9.38 Å². The number of halogens is 2. The number of hydrogen-bond acceptors (Lipinski definition) is 3. The minimum atomic E-state index is -0.213. The fraction of sp³-hybridized carbons (Fsp3) is 0.389. The summed E-state index contributed by atoms with van der Waals surface area (Å²) < 4.78 is 13.1. The van der Waals surface area contributed by atoms with Gasteiger partial charge in [0.2, 0.25) is 0 Å². The van der Waals surface area contributed by atoms with Crippen LogP contribution in [0.3, 0.4) is 0 Å². The van der Waals surface area contributed by atoms with Crippen LogP contribution in [0.4, 0.5) is 4.39 Å². The molecule has 0 spiro atoms. The molecule has 2 N–H and O–H groups in total. The monoisotopic (exact) mass is 476 g/mol. The molecule has 0 saturated heterocycles. The smallest absolute Gasteiger partial charge is 0.191 e. The molecule has 0 saturated carbocycles. The average molecular weight is 476 g/mol. The fourth-order valence-electron chi connectivity index (χ4n) is 2.37. The Hall–Kier alpha value is -1.19. The van der Waals surface area contributed by atoms with Crippen molar-refractivity contribution in [2.75, 3.05) is 27.2 Å². The molecule has 0 aliphatic carbocycles. The highest BCUT2D eigenvalue weighted by atomic mass is 127. The van der Waals surface area contributed by atoms with Crippen LogP contribution in [0.15, 0.2) is 46.1 Å². The molecule has 0 bridgehead atoms. The Bertz CT molecular complexity index is 629. The quantitative estimate of drug-likeness (QED) is 0.362. The Labute approximate surface area is 170 Å². The molecule has 2 aromatic rings. The van der Waals surface area contributed by atoms with Gasteiger partial charge < -0.3 is 15.5 Å². The van der Waals surface area contributed by atoms with Gasteiger partial charge in [0.05, 0.1) is 12.6 Å². The number of rotatable bonds is 7. The van der Waals surface area contributed by atoms with E-state index in [1.165, 1.54) is 17.7 Å². The first-order valence-corrected chi connectivity index (χ1v) is 8.99. The zero-order valence-electron chi connectivity index (χ0n) is 14.8. The summed E-state index contributed by atoms with van der Waals surface area (Å²) in [6, 6.07) is 8.88. The van der Waals surface area contributed by atoms with Gasteiger partial charge in [-0.1, -0.05) is 12.1 Å². The molecule has 7 heteroatoms. The van der Waals surface area contributed by atoms with Gasteiger partial charge in [0, 0.05) is 13.1 Å². The van der Waals surface area contributed by atoms with E-state index >= 15 is 0 Å². The molecule has 2 rings (SSSR count). The number of hydrogen-bond donors (Lipinski definition) is 2. The van der Waals surface area contributed by atoms with Crippen molar-refractivity contribution in [2.24, 2.45) is 4.99 Å². The molecule has 1 heterocycles. The Morgan fingerprint density at radius 2 is 1.92 bits per heavy atom. The third kappa shape index (κ3) is 7.29. The van der Waals surface area contributed by atoms with Crippen LogP contribution in [-0.2, 0) is 6.54 Å². The van der Waals surface area contributed by atoms with Gasteiger partial charge in [-0.2, -0.15) is 11.3 Å². The standard InChI is InChI=1S/C18H25FN4S.HI/c1-4-20-18(21-11-14-9-10-24-13-14)22-12-17(23(2)3)15-5-7-16(19)8-6-15;/h5-10,13,17H,4,11-12H2,1-3H3,(H2,20,21,22);1H. The van der Waals surface area contributed by atoms with Crippen LogP contribution < -0.4 is 10.6 Å². The second kappa shape index (κ2) is 11.4. The Morgan fingerprint density at radius 1 is 1.20 bits per heavy atom. The first kappa shape index (κ1) is 21.9. The summed E-state index contributed by atoms with van der Waals surface area (Å²) in [5.41, 5.74) is 2.28. The summed E-state index contributed by atoms with van der Waals surface area (Å²) >= 11 is 1.68. The molecule has 0 fully saturated rings. The predicted molar refractivity (Wildman–Crippen MR) is 115 cm³/mol. The van der Waals surface area contributed by atoms with Crippen LogP contribution in [-0.4, -0.2) is 38.0 Å². The topological polar surface area (TPSA) is 39.7 Å². The van der Waals surface area contributed by atoms with Crippen molar-refractivity contribution in [3.8, 4) is 0 Å². The summed E-state index contributed by atoms with van der Waals surface area (Å²) in [6.45, 7) is 4.19. The zero-order chi connectivity index (χ0) is 17.4.